The largest absolute Gasteiger partial charge is 0.418 e. The van der Waals surface area contributed by atoms with Gasteiger partial charge in [-0.1, -0.05) is 39.8 Å². The predicted octanol–water partition coefficient (Wildman–Crippen LogP) is 5.62. The summed E-state index contributed by atoms with van der Waals surface area (Å²) in [5, 5.41) is 13.6. The van der Waals surface area contributed by atoms with E-state index in [0.29, 0.717) is 5.69 Å². The van der Waals surface area contributed by atoms with Crippen LogP contribution in [0.3, 0.4) is 0 Å². The zero-order chi connectivity index (χ0) is 27.8. The number of amides is 1. The maximum Gasteiger partial charge on any atom is 0.418 e. The predicted molar refractivity (Wildman–Crippen MR) is 132 cm³/mol. The number of para-hydroxylation sites is 1. The molecule has 0 spiro atoms. The van der Waals surface area contributed by atoms with Crippen molar-refractivity contribution in [3.05, 3.63) is 59.4 Å². The molecule has 0 radical (unpaired) electrons. The number of ketones is 1. The number of alkyl halides is 3. The Hall–Kier alpha value is -3.14. The molecule has 1 atom stereocenters. The number of ether oxygens (including phenoxy) is 1. The zero-order valence-corrected chi connectivity index (χ0v) is 21.5. The minimum Gasteiger partial charge on any atom is -0.410 e. The monoisotopic (exact) mass is 524 g/mol. The van der Waals surface area contributed by atoms with Gasteiger partial charge in [0.15, 0.2) is 11.4 Å². The highest BCUT2D eigenvalue weighted by Gasteiger charge is 2.58. The fourth-order valence-corrected chi connectivity index (χ4v) is 4.87. The zero-order valence-electron chi connectivity index (χ0n) is 21.5. The molecule has 0 aromatic heterocycles. The van der Waals surface area contributed by atoms with Crippen molar-refractivity contribution in [3.63, 3.8) is 0 Å². The molecule has 1 aliphatic rings. The van der Waals surface area contributed by atoms with Gasteiger partial charge in [0.2, 0.25) is 0 Å². The molecular weight excluding hydrogens is 492 g/mol. The van der Waals surface area contributed by atoms with Crippen LogP contribution in [0.4, 0.5) is 28.0 Å². The first-order valence-corrected chi connectivity index (χ1v) is 11.9. The van der Waals surface area contributed by atoms with E-state index >= 15 is 0 Å². The van der Waals surface area contributed by atoms with E-state index < -0.39 is 47.5 Å². The first kappa shape index (κ1) is 28.4. The molecule has 2 N–H and O–H groups in total. The Morgan fingerprint density at radius 3 is 2.43 bits per heavy atom. The van der Waals surface area contributed by atoms with Crippen LogP contribution in [0.25, 0.3) is 0 Å². The number of benzene rings is 2. The highest BCUT2D eigenvalue weighted by molar-refractivity contribution is 6.06. The van der Waals surface area contributed by atoms with Crippen molar-refractivity contribution in [3.8, 4) is 5.75 Å². The third-order valence-electron chi connectivity index (χ3n) is 6.60. The van der Waals surface area contributed by atoms with Gasteiger partial charge >= 0.3 is 12.3 Å². The smallest absolute Gasteiger partial charge is 0.410 e. The van der Waals surface area contributed by atoms with E-state index in [2.05, 4.69) is 5.32 Å². The SMILES string of the molecule is CCNC(=O)Oc1ccc(F)cc1C(C)(C)CC(O)(CN1CC(C)(C)C(=O)c2ccccc21)C(F)(F)F. The summed E-state index contributed by atoms with van der Waals surface area (Å²) < 4.78 is 63.0. The number of nitrogens with zero attached hydrogens (tertiary/aromatic N) is 1. The molecule has 0 saturated carbocycles. The Kier molecular flexibility index (Phi) is 7.66. The van der Waals surface area contributed by atoms with E-state index in [-0.39, 0.29) is 35.7 Å². The molecule has 37 heavy (non-hydrogen) atoms. The van der Waals surface area contributed by atoms with Gasteiger partial charge in [-0.15, -0.1) is 0 Å². The fraction of sp³-hybridized carbons (Fsp3) is 0.481. The van der Waals surface area contributed by atoms with Gasteiger partial charge in [-0.25, -0.2) is 9.18 Å². The van der Waals surface area contributed by atoms with Crippen molar-refractivity contribution < 1.29 is 37.0 Å². The van der Waals surface area contributed by atoms with E-state index in [1.165, 1.54) is 24.8 Å². The summed E-state index contributed by atoms with van der Waals surface area (Å²) in [6, 6.07) is 9.57. The highest BCUT2D eigenvalue weighted by atomic mass is 19.4. The van der Waals surface area contributed by atoms with E-state index in [0.717, 1.165) is 12.1 Å². The number of anilines is 1. The standard InChI is InChI=1S/C27H32F4N2O4/c1-6-32-23(35)37-21-12-11-17(28)13-19(21)24(2,3)14-26(36,27(29,30)31)16-33-15-25(4,5)22(34)18-9-7-8-10-20(18)33/h7-13,36H,6,14-16H2,1-5H3,(H,32,35). The topological polar surface area (TPSA) is 78.9 Å². The van der Waals surface area contributed by atoms with Crippen LogP contribution >= 0.6 is 0 Å². The second-order valence-electron chi connectivity index (χ2n) is 10.7. The molecule has 1 unspecified atom stereocenters. The Labute approximate surface area is 213 Å². The van der Waals surface area contributed by atoms with Crippen LogP contribution in [0.5, 0.6) is 5.75 Å². The number of hydrogen-bond donors (Lipinski definition) is 2. The quantitative estimate of drug-likeness (QED) is 0.460. The Balaban J connectivity index is 2.02. The summed E-state index contributed by atoms with van der Waals surface area (Å²) in [6.07, 6.45) is -6.78. The van der Waals surface area contributed by atoms with E-state index in [9.17, 15) is 32.3 Å². The fourth-order valence-electron chi connectivity index (χ4n) is 4.87. The van der Waals surface area contributed by atoms with Crippen molar-refractivity contribution in [2.45, 2.75) is 58.2 Å². The molecule has 1 heterocycles. The van der Waals surface area contributed by atoms with Crippen molar-refractivity contribution in [1.29, 1.82) is 0 Å². The number of β-amino-alcohol motifs (C(OH)–C–C–N with tert-alkyl or cyclic N) is 1. The maximum absolute atomic E-state index is 14.5. The van der Waals surface area contributed by atoms with Crippen molar-refractivity contribution in [1.82, 2.24) is 5.32 Å². The average Bonchev–Trinajstić information content (AvgIpc) is 2.77. The Morgan fingerprint density at radius 2 is 1.81 bits per heavy atom. The van der Waals surface area contributed by atoms with E-state index in [1.54, 1.807) is 45.0 Å². The van der Waals surface area contributed by atoms with Crippen LogP contribution in [-0.4, -0.2) is 48.4 Å². The van der Waals surface area contributed by atoms with Crippen LogP contribution in [-0.2, 0) is 5.41 Å². The molecule has 1 aliphatic heterocycles. The summed E-state index contributed by atoms with van der Waals surface area (Å²) >= 11 is 0. The van der Waals surface area contributed by atoms with E-state index in [1.807, 2.05) is 0 Å². The number of Topliss-reactive ketones (excluding diaryl/α,β-unsaturated/α-hetero) is 1. The van der Waals surface area contributed by atoms with Gasteiger partial charge in [0, 0.05) is 35.3 Å². The Morgan fingerprint density at radius 1 is 1.16 bits per heavy atom. The number of nitrogens with one attached hydrogen (secondary N) is 1. The molecule has 1 amide bonds. The lowest BCUT2D eigenvalue weighted by atomic mass is 9.73. The Bertz CT molecular complexity index is 1180. The van der Waals surface area contributed by atoms with Gasteiger partial charge in [0.05, 0.1) is 6.54 Å². The van der Waals surface area contributed by atoms with Gasteiger partial charge in [-0.2, -0.15) is 13.2 Å². The van der Waals surface area contributed by atoms with Gasteiger partial charge in [-0.05, 0) is 49.1 Å². The first-order chi connectivity index (χ1) is 17.0. The van der Waals surface area contributed by atoms with Crippen molar-refractivity contribution in [2.24, 2.45) is 5.41 Å². The van der Waals surface area contributed by atoms with Gasteiger partial charge in [0.1, 0.15) is 11.6 Å². The molecule has 3 rings (SSSR count). The molecule has 2 aromatic carbocycles. The van der Waals surface area contributed by atoms with Crippen LogP contribution in [0.2, 0.25) is 0 Å². The highest BCUT2D eigenvalue weighted by Crippen LogP contribution is 2.46. The number of halogens is 4. The maximum atomic E-state index is 14.5. The molecule has 202 valence electrons. The summed E-state index contributed by atoms with van der Waals surface area (Å²) in [7, 11) is 0. The lowest BCUT2D eigenvalue weighted by Crippen LogP contribution is -2.59. The van der Waals surface area contributed by atoms with E-state index in [4.69, 9.17) is 4.74 Å². The third kappa shape index (κ3) is 5.89. The van der Waals surface area contributed by atoms with Gasteiger partial charge < -0.3 is 20.1 Å². The molecule has 2 aromatic rings. The van der Waals surface area contributed by atoms with Gasteiger partial charge in [0.25, 0.3) is 0 Å². The molecular formula is C27H32F4N2O4. The molecule has 0 bridgehead atoms. The number of hydrogen-bond acceptors (Lipinski definition) is 5. The molecule has 0 fully saturated rings. The minimum absolute atomic E-state index is 0.00372. The average molecular weight is 525 g/mol. The van der Waals surface area contributed by atoms with Crippen molar-refractivity contribution in [2.75, 3.05) is 24.5 Å². The molecule has 10 heteroatoms. The number of aliphatic hydroxyl groups is 1. The number of fused-ring (bicyclic) bond motifs is 1. The summed E-state index contributed by atoms with van der Waals surface area (Å²) in [6.45, 7) is 7.15. The van der Waals surface area contributed by atoms with Gasteiger partial charge in [-0.3, -0.25) is 4.79 Å². The molecule has 0 aliphatic carbocycles. The lowest BCUT2D eigenvalue weighted by molar-refractivity contribution is -0.262. The minimum atomic E-state index is -5.07. The molecule has 0 saturated heterocycles. The number of rotatable bonds is 7. The number of carbonyl (C=O) groups excluding carboxylic acids is 2. The van der Waals surface area contributed by atoms with Crippen molar-refractivity contribution >= 4 is 17.6 Å². The van der Waals surface area contributed by atoms with Crippen LogP contribution < -0.4 is 15.0 Å². The number of carbonyl (C=O) groups is 2. The van der Waals surface area contributed by atoms with Crippen LogP contribution in [0.15, 0.2) is 42.5 Å². The normalized spacial score (nSPS) is 17.1. The second-order valence-corrected chi connectivity index (χ2v) is 10.7. The third-order valence-corrected chi connectivity index (χ3v) is 6.60. The van der Waals surface area contributed by atoms with Crippen LogP contribution in [0, 0.1) is 11.2 Å². The first-order valence-electron chi connectivity index (χ1n) is 11.9. The summed E-state index contributed by atoms with van der Waals surface area (Å²) in [5.41, 5.74) is -5.14. The molecule has 6 nitrogen and oxygen atoms in total. The second kappa shape index (κ2) is 9.96. The lowest BCUT2D eigenvalue weighted by Gasteiger charge is -2.45. The summed E-state index contributed by atoms with van der Waals surface area (Å²) in [4.78, 5) is 26.2. The summed E-state index contributed by atoms with van der Waals surface area (Å²) in [5.74, 6) is -1.04. The van der Waals surface area contributed by atoms with Crippen LogP contribution in [0.1, 0.15) is 57.0 Å².